The SMILES string of the molecule is C=CCNCCC(c1ccccc1)c1ccccc1. The van der Waals surface area contributed by atoms with Gasteiger partial charge in [-0.25, -0.2) is 0 Å². The fourth-order valence-electron chi connectivity index (χ4n) is 2.35. The van der Waals surface area contributed by atoms with E-state index in [1.165, 1.54) is 11.1 Å². The molecule has 2 aromatic rings. The number of nitrogens with one attached hydrogen (secondary N) is 1. The van der Waals surface area contributed by atoms with Crippen molar-refractivity contribution in [2.45, 2.75) is 12.3 Å². The normalized spacial score (nSPS) is 10.6. The maximum atomic E-state index is 3.73. The lowest BCUT2D eigenvalue weighted by Gasteiger charge is -2.18. The molecule has 0 amide bonds. The van der Waals surface area contributed by atoms with E-state index in [0.717, 1.165) is 19.5 Å². The van der Waals surface area contributed by atoms with Crippen molar-refractivity contribution in [3.8, 4) is 0 Å². The molecule has 1 N–H and O–H groups in total. The van der Waals surface area contributed by atoms with Gasteiger partial charge < -0.3 is 5.32 Å². The third kappa shape index (κ3) is 4.08. The molecule has 1 heteroatoms. The standard InChI is InChI=1S/C18H21N/c1-2-14-19-15-13-18(16-9-5-3-6-10-16)17-11-7-4-8-12-17/h2-12,18-19H,1,13-15H2. The van der Waals surface area contributed by atoms with Gasteiger partial charge in [0, 0.05) is 12.5 Å². The molecule has 0 aliphatic carbocycles. The fraction of sp³-hybridized carbons (Fsp3) is 0.222. The van der Waals surface area contributed by atoms with Crippen LogP contribution in [-0.4, -0.2) is 13.1 Å². The molecule has 2 rings (SSSR count). The molecule has 0 aliphatic rings. The highest BCUT2D eigenvalue weighted by Crippen LogP contribution is 2.27. The highest BCUT2D eigenvalue weighted by Gasteiger charge is 2.12. The molecule has 0 unspecified atom stereocenters. The van der Waals surface area contributed by atoms with E-state index in [0.29, 0.717) is 5.92 Å². The van der Waals surface area contributed by atoms with Crippen molar-refractivity contribution < 1.29 is 0 Å². The number of hydrogen-bond donors (Lipinski definition) is 1. The fourth-order valence-corrected chi connectivity index (χ4v) is 2.35. The van der Waals surface area contributed by atoms with E-state index in [2.05, 4.69) is 72.6 Å². The van der Waals surface area contributed by atoms with Crippen LogP contribution in [-0.2, 0) is 0 Å². The van der Waals surface area contributed by atoms with Crippen LogP contribution in [0.25, 0.3) is 0 Å². The third-order valence-corrected chi connectivity index (χ3v) is 3.30. The summed E-state index contributed by atoms with van der Waals surface area (Å²) < 4.78 is 0. The Bertz CT molecular complexity index is 436. The Labute approximate surface area is 116 Å². The average Bonchev–Trinajstić information content (AvgIpc) is 2.49. The molecule has 98 valence electrons. The lowest BCUT2D eigenvalue weighted by atomic mass is 9.88. The summed E-state index contributed by atoms with van der Waals surface area (Å²) in [6.45, 7) is 5.60. The second kappa shape index (κ2) is 7.55. The van der Waals surface area contributed by atoms with Crippen molar-refractivity contribution >= 4 is 0 Å². The highest BCUT2D eigenvalue weighted by molar-refractivity contribution is 5.32. The first-order valence-corrected chi connectivity index (χ1v) is 6.83. The zero-order valence-corrected chi connectivity index (χ0v) is 11.3. The lowest BCUT2D eigenvalue weighted by Crippen LogP contribution is -2.18. The van der Waals surface area contributed by atoms with Crippen LogP contribution in [0.15, 0.2) is 73.3 Å². The summed E-state index contributed by atoms with van der Waals surface area (Å²) in [6.07, 6.45) is 3.00. The van der Waals surface area contributed by atoms with E-state index in [1.54, 1.807) is 0 Å². The van der Waals surface area contributed by atoms with Gasteiger partial charge in [0.25, 0.3) is 0 Å². The molecule has 0 saturated heterocycles. The van der Waals surface area contributed by atoms with E-state index >= 15 is 0 Å². The molecule has 0 aromatic heterocycles. The van der Waals surface area contributed by atoms with Crippen LogP contribution in [0.1, 0.15) is 23.5 Å². The van der Waals surface area contributed by atoms with Crippen LogP contribution in [0, 0.1) is 0 Å². The van der Waals surface area contributed by atoms with Gasteiger partial charge in [-0.1, -0.05) is 66.7 Å². The summed E-state index contributed by atoms with van der Waals surface area (Å²) in [5.74, 6) is 0.458. The van der Waals surface area contributed by atoms with Gasteiger partial charge in [-0.2, -0.15) is 0 Å². The van der Waals surface area contributed by atoms with Crippen molar-refractivity contribution in [2.24, 2.45) is 0 Å². The predicted molar refractivity (Wildman–Crippen MR) is 82.4 cm³/mol. The van der Waals surface area contributed by atoms with Gasteiger partial charge in [0.2, 0.25) is 0 Å². The minimum Gasteiger partial charge on any atom is -0.313 e. The zero-order valence-electron chi connectivity index (χ0n) is 11.3. The molecule has 0 fully saturated rings. The van der Waals surface area contributed by atoms with E-state index in [-0.39, 0.29) is 0 Å². The van der Waals surface area contributed by atoms with Gasteiger partial charge >= 0.3 is 0 Å². The van der Waals surface area contributed by atoms with Crippen molar-refractivity contribution in [2.75, 3.05) is 13.1 Å². The van der Waals surface area contributed by atoms with E-state index in [1.807, 2.05) is 6.08 Å². The summed E-state index contributed by atoms with van der Waals surface area (Å²) >= 11 is 0. The molecule has 0 bridgehead atoms. The molecule has 0 heterocycles. The number of hydrogen-bond acceptors (Lipinski definition) is 1. The minimum atomic E-state index is 0.458. The van der Waals surface area contributed by atoms with Gasteiger partial charge in [0.05, 0.1) is 0 Å². The zero-order chi connectivity index (χ0) is 13.3. The molecule has 0 aliphatic heterocycles. The summed E-state index contributed by atoms with van der Waals surface area (Å²) in [6, 6.07) is 21.4. The van der Waals surface area contributed by atoms with Gasteiger partial charge in [0.15, 0.2) is 0 Å². The average molecular weight is 251 g/mol. The first kappa shape index (κ1) is 13.6. The van der Waals surface area contributed by atoms with Crippen LogP contribution in [0.5, 0.6) is 0 Å². The Hall–Kier alpha value is -1.86. The Morgan fingerprint density at radius 2 is 1.42 bits per heavy atom. The first-order valence-electron chi connectivity index (χ1n) is 6.83. The molecule has 0 radical (unpaired) electrons. The topological polar surface area (TPSA) is 12.0 Å². The van der Waals surface area contributed by atoms with E-state index in [4.69, 9.17) is 0 Å². The molecular formula is C18H21N. The maximum Gasteiger partial charge on any atom is 0.0132 e. The van der Waals surface area contributed by atoms with Gasteiger partial charge in [-0.3, -0.25) is 0 Å². The second-order valence-corrected chi connectivity index (χ2v) is 4.66. The van der Waals surface area contributed by atoms with Crippen molar-refractivity contribution in [3.63, 3.8) is 0 Å². The molecular weight excluding hydrogens is 230 g/mol. The summed E-state index contributed by atoms with van der Waals surface area (Å²) in [4.78, 5) is 0. The van der Waals surface area contributed by atoms with Crippen LogP contribution in [0.4, 0.5) is 0 Å². The summed E-state index contributed by atoms with van der Waals surface area (Å²) in [5, 5.41) is 3.39. The Morgan fingerprint density at radius 1 is 0.895 bits per heavy atom. The van der Waals surface area contributed by atoms with Crippen molar-refractivity contribution in [1.82, 2.24) is 5.32 Å². The monoisotopic (exact) mass is 251 g/mol. The van der Waals surface area contributed by atoms with Crippen LogP contribution in [0.2, 0.25) is 0 Å². The van der Waals surface area contributed by atoms with Gasteiger partial charge in [0.1, 0.15) is 0 Å². The first-order chi connectivity index (χ1) is 9.42. The van der Waals surface area contributed by atoms with E-state index < -0.39 is 0 Å². The van der Waals surface area contributed by atoms with E-state index in [9.17, 15) is 0 Å². The van der Waals surface area contributed by atoms with Crippen LogP contribution >= 0.6 is 0 Å². The van der Waals surface area contributed by atoms with Gasteiger partial charge in [-0.15, -0.1) is 6.58 Å². The molecule has 1 nitrogen and oxygen atoms in total. The Morgan fingerprint density at radius 3 is 1.89 bits per heavy atom. The molecule has 2 aromatic carbocycles. The summed E-state index contributed by atoms with van der Waals surface area (Å²) in [5.41, 5.74) is 2.77. The minimum absolute atomic E-state index is 0.458. The Kier molecular flexibility index (Phi) is 5.39. The predicted octanol–water partition coefficient (Wildman–Crippen LogP) is 3.98. The molecule has 19 heavy (non-hydrogen) atoms. The maximum absolute atomic E-state index is 3.73. The smallest absolute Gasteiger partial charge is 0.0132 e. The molecule has 0 saturated carbocycles. The lowest BCUT2D eigenvalue weighted by molar-refractivity contribution is 0.641. The molecule has 0 spiro atoms. The number of rotatable bonds is 7. The van der Waals surface area contributed by atoms with Crippen LogP contribution < -0.4 is 5.32 Å². The summed E-state index contributed by atoms with van der Waals surface area (Å²) in [7, 11) is 0. The highest BCUT2D eigenvalue weighted by atomic mass is 14.8. The third-order valence-electron chi connectivity index (χ3n) is 3.30. The number of benzene rings is 2. The largest absolute Gasteiger partial charge is 0.313 e. The van der Waals surface area contributed by atoms with Crippen molar-refractivity contribution in [1.29, 1.82) is 0 Å². The van der Waals surface area contributed by atoms with Gasteiger partial charge in [-0.05, 0) is 24.1 Å². The molecule has 0 atom stereocenters. The second-order valence-electron chi connectivity index (χ2n) is 4.66. The van der Waals surface area contributed by atoms with Crippen LogP contribution in [0.3, 0.4) is 0 Å². The van der Waals surface area contributed by atoms with Crippen molar-refractivity contribution in [3.05, 3.63) is 84.4 Å². The quantitative estimate of drug-likeness (QED) is 0.579. The Balaban J connectivity index is 2.12.